The summed E-state index contributed by atoms with van der Waals surface area (Å²) in [6, 6.07) is 12.6. The molecule has 2 heterocycles. The number of carbonyl (C=O) groups excluding carboxylic acids is 2. The summed E-state index contributed by atoms with van der Waals surface area (Å²) in [5, 5.41) is 5.17. The molecule has 0 aliphatic heterocycles. The average Bonchev–Trinajstić information content (AvgIpc) is 3.37. The van der Waals surface area contributed by atoms with E-state index in [0.717, 1.165) is 10.0 Å². The van der Waals surface area contributed by atoms with E-state index in [0.29, 0.717) is 0 Å². The van der Waals surface area contributed by atoms with Crippen molar-refractivity contribution in [2.75, 3.05) is 5.32 Å². The standard InChI is InChI=1S/C31H33F3N4O5S/c1-19(2)17-26(37-29(40)43-30(3,4)5)28(39)36-20-11-12-23(25(18-20)31(32,33)34)22-13-15-35-27-24(22)14-16-38(27)44(41,42)21-9-7-6-8-10-21/h6-16,18-19,26H,17H2,1-5H3,(H,36,39)(H,37,40)/t26-/m1/s1. The fourth-order valence-electron chi connectivity index (χ4n) is 4.62. The number of fused-ring (bicyclic) bond motifs is 1. The van der Waals surface area contributed by atoms with Crippen molar-refractivity contribution in [1.29, 1.82) is 0 Å². The smallest absolute Gasteiger partial charge is 0.417 e. The Morgan fingerprint density at radius 1 is 0.977 bits per heavy atom. The highest BCUT2D eigenvalue weighted by Crippen LogP contribution is 2.41. The van der Waals surface area contributed by atoms with Gasteiger partial charge >= 0.3 is 12.3 Å². The normalized spacial score (nSPS) is 13.1. The summed E-state index contributed by atoms with van der Waals surface area (Å²) in [4.78, 5) is 29.6. The van der Waals surface area contributed by atoms with Gasteiger partial charge in [0, 0.05) is 23.5 Å². The number of alkyl carbamates (subject to hydrolysis) is 1. The Balaban J connectivity index is 1.71. The van der Waals surface area contributed by atoms with Crippen LogP contribution in [0.3, 0.4) is 0 Å². The molecule has 2 amide bonds. The number of anilines is 1. The van der Waals surface area contributed by atoms with Gasteiger partial charge in [0.25, 0.3) is 10.0 Å². The highest BCUT2D eigenvalue weighted by molar-refractivity contribution is 7.90. The molecule has 4 rings (SSSR count). The number of halogens is 3. The first-order chi connectivity index (χ1) is 20.5. The van der Waals surface area contributed by atoms with Crippen LogP contribution in [0, 0.1) is 5.92 Å². The highest BCUT2D eigenvalue weighted by atomic mass is 32.2. The second-order valence-corrected chi connectivity index (χ2v) is 13.4. The van der Waals surface area contributed by atoms with E-state index in [1.807, 2.05) is 13.8 Å². The zero-order valence-electron chi connectivity index (χ0n) is 24.8. The number of hydrogen-bond acceptors (Lipinski definition) is 6. The first kappa shape index (κ1) is 32.5. The van der Waals surface area contributed by atoms with Crippen LogP contribution in [0.4, 0.5) is 23.7 Å². The van der Waals surface area contributed by atoms with Crippen molar-refractivity contribution in [3.63, 3.8) is 0 Å². The average molecular weight is 631 g/mol. The Kier molecular flexibility index (Phi) is 9.10. The van der Waals surface area contributed by atoms with Crippen molar-refractivity contribution in [3.8, 4) is 11.1 Å². The van der Waals surface area contributed by atoms with Crippen molar-refractivity contribution in [2.24, 2.45) is 5.92 Å². The van der Waals surface area contributed by atoms with Crippen molar-refractivity contribution < 1.29 is 35.9 Å². The van der Waals surface area contributed by atoms with Crippen LogP contribution in [0.5, 0.6) is 0 Å². The van der Waals surface area contributed by atoms with Crippen LogP contribution in [0.25, 0.3) is 22.2 Å². The van der Waals surface area contributed by atoms with E-state index in [9.17, 15) is 31.2 Å². The molecule has 13 heteroatoms. The molecular weight excluding hydrogens is 597 g/mol. The van der Waals surface area contributed by atoms with E-state index in [2.05, 4.69) is 15.6 Å². The summed E-state index contributed by atoms with van der Waals surface area (Å²) >= 11 is 0. The summed E-state index contributed by atoms with van der Waals surface area (Å²) < 4.78 is 75.9. The maximum Gasteiger partial charge on any atom is 0.417 e. The van der Waals surface area contributed by atoms with E-state index >= 15 is 0 Å². The summed E-state index contributed by atoms with van der Waals surface area (Å²) in [7, 11) is -4.07. The predicted molar refractivity (Wildman–Crippen MR) is 160 cm³/mol. The minimum Gasteiger partial charge on any atom is -0.444 e. The number of ether oxygens (including phenoxy) is 1. The van der Waals surface area contributed by atoms with Gasteiger partial charge in [-0.25, -0.2) is 22.2 Å². The van der Waals surface area contributed by atoms with Crippen molar-refractivity contribution in [1.82, 2.24) is 14.3 Å². The minimum atomic E-state index is -4.84. The van der Waals surface area contributed by atoms with Crippen LogP contribution in [0.1, 0.15) is 46.6 Å². The third-order valence-electron chi connectivity index (χ3n) is 6.45. The number of rotatable bonds is 8. The summed E-state index contributed by atoms with van der Waals surface area (Å²) in [6.07, 6.45) is -2.96. The topological polar surface area (TPSA) is 119 Å². The number of nitrogens with zero attached hydrogens (tertiary/aromatic N) is 2. The SMILES string of the molecule is CC(C)C[C@@H](NC(=O)OC(C)(C)C)C(=O)Nc1ccc(-c2ccnc3c2ccn3S(=O)(=O)c2ccccc2)c(C(F)(F)F)c1. The van der Waals surface area contributed by atoms with E-state index in [4.69, 9.17) is 4.74 Å². The third-order valence-corrected chi connectivity index (χ3v) is 8.13. The molecule has 0 unspecified atom stereocenters. The largest absolute Gasteiger partial charge is 0.444 e. The lowest BCUT2D eigenvalue weighted by molar-refractivity contribution is -0.137. The first-order valence-corrected chi connectivity index (χ1v) is 15.2. The lowest BCUT2D eigenvalue weighted by atomic mass is 9.97. The minimum absolute atomic E-state index is 0.00212. The van der Waals surface area contributed by atoms with Gasteiger partial charge < -0.3 is 15.4 Å². The molecule has 0 aliphatic carbocycles. The van der Waals surface area contributed by atoms with Gasteiger partial charge in [-0.1, -0.05) is 38.1 Å². The van der Waals surface area contributed by atoms with Crippen LogP contribution in [-0.4, -0.2) is 41.0 Å². The Bertz CT molecular complexity index is 1780. The number of alkyl halides is 3. The molecule has 1 atom stereocenters. The molecule has 0 saturated carbocycles. The fraction of sp³-hybridized carbons (Fsp3) is 0.323. The molecule has 234 valence electrons. The zero-order chi connectivity index (χ0) is 32.4. The van der Waals surface area contributed by atoms with Crippen LogP contribution in [0.2, 0.25) is 0 Å². The van der Waals surface area contributed by atoms with Gasteiger partial charge in [-0.05, 0) is 80.6 Å². The molecule has 2 aromatic heterocycles. The van der Waals surface area contributed by atoms with Crippen molar-refractivity contribution >= 4 is 38.7 Å². The maximum absolute atomic E-state index is 14.4. The molecular formula is C31H33F3N4O5S. The van der Waals surface area contributed by atoms with Crippen LogP contribution in [-0.2, 0) is 25.7 Å². The van der Waals surface area contributed by atoms with E-state index in [-0.39, 0.29) is 45.1 Å². The Hall–Kier alpha value is -4.39. The first-order valence-electron chi connectivity index (χ1n) is 13.8. The lowest BCUT2D eigenvalue weighted by Crippen LogP contribution is -2.46. The molecule has 0 spiro atoms. The molecule has 0 bridgehead atoms. The van der Waals surface area contributed by atoms with Gasteiger partial charge in [0.2, 0.25) is 5.91 Å². The summed E-state index contributed by atoms with van der Waals surface area (Å²) in [5.41, 5.74) is -2.18. The summed E-state index contributed by atoms with van der Waals surface area (Å²) in [6.45, 7) is 8.66. The van der Waals surface area contributed by atoms with Gasteiger partial charge in [0.15, 0.2) is 5.65 Å². The molecule has 44 heavy (non-hydrogen) atoms. The van der Waals surface area contributed by atoms with Gasteiger partial charge in [-0.2, -0.15) is 13.2 Å². The number of amides is 2. The van der Waals surface area contributed by atoms with E-state index in [1.54, 1.807) is 39.0 Å². The van der Waals surface area contributed by atoms with Gasteiger partial charge in [-0.15, -0.1) is 0 Å². The number of pyridine rings is 1. The predicted octanol–water partition coefficient (Wildman–Crippen LogP) is 6.84. The van der Waals surface area contributed by atoms with E-state index in [1.165, 1.54) is 48.8 Å². The quantitative estimate of drug-likeness (QED) is 0.220. The number of nitrogens with one attached hydrogen (secondary N) is 2. The molecule has 0 radical (unpaired) electrons. The Morgan fingerprint density at radius 2 is 1.66 bits per heavy atom. The third kappa shape index (κ3) is 7.39. The zero-order valence-corrected chi connectivity index (χ0v) is 25.6. The monoisotopic (exact) mass is 630 g/mol. The van der Waals surface area contributed by atoms with E-state index < -0.39 is 45.4 Å². The number of benzene rings is 2. The fourth-order valence-corrected chi connectivity index (χ4v) is 5.95. The second kappa shape index (κ2) is 12.3. The summed E-state index contributed by atoms with van der Waals surface area (Å²) in [5.74, 6) is -0.735. The molecule has 2 N–H and O–H groups in total. The molecule has 0 saturated heterocycles. The number of hydrogen-bond donors (Lipinski definition) is 2. The van der Waals surface area contributed by atoms with Crippen molar-refractivity contribution in [2.45, 2.75) is 63.8 Å². The van der Waals surface area contributed by atoms with Crippen LogP contribution in [0.15, 0.2) is 78.0 Å². The number of aromatic nitrogens is 2. The van der Waals surface area contributed by atoms with Gasteiger partial charge in [-0.3, -0.25) is 4.79 Å². The molecule has 0 fully saturated rings. The van der Waals surface area contributed by atoms with Crippen molar-refractivity contribution in [3.05, 3.63) is 78.6 Å². The lowest BCUT2D eigenvalue weighted by Gasteiger charge is -2.24. The highest BCUT2D eigenvalue weighted by Gasteiger charge is 2.35. The molecule has 2 aromatic carbocycles. The van der Waals surface area contributed by atoms with Gasteiger partial charge in [0.1, 0.15) is 11.6 Å². The Labute approximate surface area is 253 Å². The van der Waals surface area contributed by atoms with Crippen LogP contribution < -0.4 is 10.6 Å². The molecule has 0 aliphatic rings. The second-order valence-electron chi connectivity index (χ2n) is 11.6. The maximum atomic E-state index is 14.4. The molecule has 4 aromatic rings. The Morgan fingerprint density at radius 3 is 2.27 bits per heavy atom. The number of carbonyl (C=O) groups is 2. The molecule has 9 nitrogen and oxygen atoms in total. The van der Waals surface area contributed by atoms with Crippen LogP contribution >= 0.6 is 0 Å². The van der Waals surface area contributed by atoms with Gasteiger partial charge in [0.05, 0.1) is 10.5 Å².